The normalized spacial score (nSPS) is 13.0. The number of carbonyl (C=O) groups excluding carboxylic acids is 4. The van der Waals surface area contributed by atoms with Gasteiger partial charge >= 0.3 is 5.97 Å². The van der Waals surface area contributed by atoms with Crippen molar-refractivity contribution in [2.75, 3.05) is 30.9 Å². The summed E-state index contributed by atoms with van der Waals surface area (Å²) in [7, 11) is -0.913. The van der Waals surface area contributed by atoms with Gasteiger partial charge in [0.05, 0.1) is 27.3 Å². The third kappa shape index (κ3) is 5.31. The van der Waals surface area contributed by atoms with E-state index in [1.807, 2.05) is 19.1 Å². The second-order valence-corrected chi connectivity index (χ2v) is 11.5. The van der Waals surface area contributed by atoms with Gasteiger partial charge in [0.25, 0.3) is 17.7 Å². The Balaban J connectivity index is 1.46. The highest BCUT2D eigenvalue weighted by atomic mass is 32.2. The Morgan fingerprint density at radius 3 is 2.23 bits per heavy atom. The summed E-state index contributed by atoms with van der Waals surface area (Å²) < 4.78 is 31.0. The van der Waals surface area contributed by atoms with Crippen molar-refractivity contribution in [2.24, 2.45) is 0 Å². The highest BCUT2D eigenvalue weighted by molar-refractivity contribution is 7.89. The van der Waals surface area contributed by atoms with Crippen LogP contribution in [0.25, 0.3) is 0 Å². The van der Waals surface area contributed by atoms with Gasteiger partial charge in [-0.3, -0.25) is 14.4 Å². The summed E-state index contributed by atoms with van der Waals surface area (Å²) in [6, 6.07) is 13.8. The molecule has 3 aromatic carbocycles. The van der Waals surface area contributed by atoms with Crippen LogP contribution in [0.1, 0.15) is 47.8 Å². The number of benzene rings is 3. The van der Waals surface area contributed by atoms with Crippen molar-refractivity contribution in [3.8, 4) is 0 Å². The van der Waals surface area contributed by atoms with Gasteiger partial charge in [-0.05, 0) is 73.9 Å². The number of sulfonamides is 1. The SMILES string of the molecule is Cc1ccc(C)c(N2C(=O)c3ccc(C(=O)OCC(=O)Nc4cc(S(=O)(=O)N(C)C)ccc4C)cc3C2=O)c1. The molecule has 0 atom stereocenters. The van der Waals surface area contributed by atoms with Gasteiger partial charge in [0, 0.05) is 19.8 Å². The topological polar surface area (TPSA) is 130 Å². The van der Waals surface area contributed by atoms with Crippen LogP contribution in [-0.2, 0) is 19.6 Å². The fourth-order valence-electron chi connectivity index (χ4n) is 4.05. The lowest BCUT2D eigenvalue weighted by Crippen LogP contribution is -2.30. The van der Waals surface area contributed by atoms with Crippen molar-refractivity contribution in [1.29, 1.82) is 0 Å². The van der Waals surface area contributed by atoms with E-state index in [0.29, 0.717) is 11.3 Å². The Labute approximate surface area is 226 Å². The molecule has 0 spiro atoms. The van der Waals surface area contributed by atoms with Crippen molar-refractivity contribution in [3.63, 3.8) is 0 Å². The van der Waals surface area contributed by atoms with E-state index < -0.39 is 40.3 Å². The predicted molar refractivity (Wildman–Crippen MR) is 144 cm³/mol. The highest BCUT2D eigenvalue weighted by Gasteiger charge is 2.38. The molecule has 4 rings (SSSR count). The van der Waals surface area contributed by atoms with Crippen LogP contribution in [-0.4, -0.2) is 57.1 Å². The van der Waals surface area contributed by atoms with Crippen molar-refractivity contribution < 1.29 is 32.3 Å². The first-order chi connectivity index (χ1) is 18.3. The predicted octanol–water partition coefficient (Wildman–Crippen LogP) is 3.46. The Hall–Kier alpha value is -4.35. The number of hydrogen-bond acceptors (Lipinski definition) is 7. The zero-order chi connectivity index (χ0) is 28.6. The van der Waals surface area contributed by atoms with E-state index in [0.717, 1.165) is 20.3 Å². The van der Waals surface area contributed by atoms with E-state index in [1.54, 1.807) is 26.0 Å². The number of rotatable bonds is 7. The third-order valence-electron chi connectivity index (χ3n) is 6.32. The minimum atomic E-state index is -3.71. The lowest BCUT2D eigenvalue weighted by atomic mass is 10.1. The van der Waals surface area contributed by atoms with Gasteiger partial charge in [0.15, 0.2) is 6.61 Å². The molecular formula is C28H27N3O7S. The average molecular weight is 550 g/mol. The molecule has 0 fully saturated rings. The highest BCUT2D eigenvalue weighted by Crippen LogP contribution is 2.32. The number of imide groups is 1. The molecule has 1 aliphatic heterocycles. The van der Waals surface area contributed by atoms with Crippen LogP contribution in [0.4, 0.5) is 11.4 Å². The number of fused-ring (bicyclic) bond motifs is 1. The molecule has 3 aromatic rings. The molecule has 10 nitrogen and oxygen atoms in total. The van der Waals surface area contributed by atoms with Crippen LogP contribution in [0.3, 0.4) is 0 Å². The standard InChI is InChI=1S/C28H27N3O7S/c1-16-6-7-18(3)24(12-16)31-26(33)21-11-9-19(13-22(21)27(31)34)28(35)38-15-25(32)29-23-14-20(10-8-17(23)2)39(36,37)30(4)5/h6-14H,15H2,1-5H3,(H,29,32). The first-order valence-corrected chi connectivity index (χ1v) is 13.4. The van der Waals surface area contributed by atoms with Gasteiger partial charge in [-0.15, -0.1) is 0 Å². The molecular weight excluding hydrogens is 522 g/mol. The molecule has 0 unspecified atom stereocenters. The molecule has 0 bridgehead atoms. The van der Waals surface area contributed by atoms with E-state index in [4.69, 9.17) is 4.74 Å². The molecule has 0 aromatic heterocycles. The van der Waals surface area contributed by atoms with Crippen molar-refractivity contribution in [2.45, 2.75) is 25.7 Å². The number of anilines is 2. The van der Waals surface area contributed by atoms with Crippen LogP contribution >= 0.6 is 0 Å². The van der Waals surface area contributed by atoms with Crippen LogP contribution in [0.2, 0.25) is 0 Å². The Kier molecular flexibility index (Phi) is 7.40. The number of carbonyl (C=O) groups is 4. The zero-order valence-corrected chi connectivity index (χ0v) is 22.9. The van der Waals surface area contributed by atoms with Crippen LogP contribution in [0.15, 0.2) is 59.5 Å². The first kappa shape index (κ1) is 27.7. The van der Waals surface area contributed by atoms with Gasteiger partial charge in [-0.1, -0.05) is 18.2 Å². The lowest BCUT2D eigenvalue weighted by Gasteiger charge is -2.17. The Morgan fingerprint density at radius 1 is 0.872 bits per heavy atom. The van der Waals surface area contributed by atoms with Gasteiger partial charge < -0.3 is 10.1 Å². The van der Waals surface area contributed by atoms with Gasteiger partial charge in [0.2, 0.25) is 10.0 Å². The number of nitrogens with one attached hydrogen (secondary N) is 1. The number of aryl methyl sites for hydroxylation is 3. The van der Waals surface area contributed by atoms with Crippen molar-refractivity contribution in [3.05, 3.63) is 88.0 Å². The van der Waals surface area contributed by atoms with Crippen molar-refractivity contribution >= 4 is 45.1 Å². The summed E-state index contributed by atoms with van der Waals surface area (Å²) in [6.07, 6.45) is 0. The number of esters is 1. The molecule has 0 aliphatic carbocycles. The van der Waals surface area contributed by atoms with Crippen LogP contribution in [0, 0.1) is 20.8 Å². The van der Waals surface area contributed by atoms with Gasteiger partial charge in [-0.2, -0.15) is 0 Å². The van der Waals surface area contributed by atoms with E-state index in [2.05, 4.69) is 5.32 Å². The average Bonchev–Trinajstić information content (AvgIpc) is 3.14. The molecule has 1 aliphatic rings. The summed E-state index contributed by atoms with van der Waals surface area (Å²) in [5.41, 5.74) is 3.21. The molecule has 202 valence electrons. The van der Waals surface area contributed by atoms with E-state index in [1.165, 1.54) is 44.4 Å². The number of hydrogen-bond donors (Lipinski definition) is 1. The maximum atomic E-state index is 13.1. The molecule has 39 heavy (non-hydrogen) atoms. The maximum Gasteiger partial charge on any atom is 0.338 e. The zero-order valence-electron chi connectivity index (χ0n) is 22.1. The summed E-state index contributed by atoms with van der Waals surface area (Å²) >= 11 is 0. The fourth-order valence-corrected chi connectivity index (χ4v) is 4.98. The number of amides is 3. The molecule has 0 radical (unpaired) electrons. The number of nitrogens with zero attached hydrogens (tertiary/aromatic N) is 2. The molecule has 0 saturated heterocycles. The second-order valence-electron chi connectivity index (χ2n) is 9.38. The minimum absolute atomic E-state index is 0.000712. The van der Waals surface area contributed by atoms with Crippen LogP contribution in [0.5, 0.6) is 0 Å². The molecule has 0 saturated carbocycles. The largest absolute Gasteiger partial charge is 0.452 e. The van der Waals surface area contributed by atoms with E-state index in [-0.39, 0.29) is 27.3 Å². The van der Waals surface area contributed by atoms with Gasteiger partial charge in [-0.25, -0.2) is 22.4 Å². The van der Waals surface area contributed by atoms with Crippen LogP contribution < -0.4 is 10.2 Å². The molecule has 11 heteroatoms. The first-order valence-electron chi connectivity index (χ1n) is 11.9. The minimum Gasteiger partial charge on any atom is -0.452 e. The quantitative estimate of drug-likeness (QED) is 0.353. The maximum absolute atomic E-state index is 13.1. The summed E-state index contributed by atoms with van der Waals surface area (Å²) in [5.74, 6) is -2.59. The Morgan fingerprint density at radius 2 is 1.54 bits per heavy atom. The van der Waals surface area contributed by atoms with E-state index in [9.17, 15) is 27.6 Å². The fraction of sp³-hybridized carbons (Fsp3) is 0.214. The monoisotopic (exact) mass is 549 g/mol. The smallest absolute Gasteiger partial charge is 0.338 e. The van der Waals surface area contributed by atoms with E-state index >= 15 is 0 Å². The van der Waals surface area contributed by atoms with Gasteiger partial charge in [0.1, 0.15) is 0 Å². The molecule has 3 amide bonds. The third-order valence-corrected chi connectivity index (χ3v) is 8.13. The molecule has 1 heterocycles. The summed E-state index contributed by atoms with van der Waals surface area (Å²) in [5, 5.41) is 2.55. The number of ether oxygens (including phenoxy) is 1. The second kappa shape index (κ2) is 10.4. The molecule has 1 N–H and O–H groups in total. The van der Waals surface area contributed by atoms with Crippen molar-refractivity contribution in [1.82, 2.24) is 4.31 Å². The lowest BCUT2D eigenvalue weighted by molar-refractivity contribution is -0.119. The summed E-state index contributed by atoms with van der Waals surface area (Å²) in [4.78, 5) is 52.4. The summed E-state index contributed by atoms with van der Waals surface area (Å²) in [6.45, 7) is 4.69. The Bertz CT molecular complexity index is 1640.